The first-order valence-corrected chi connectivity index (χ1v) is 23.7. The van der Waals surface area contributed by atoms with Gasteiger partial charge in [-0.15, -0.1) is 0 Å². The number of nitrogens with zero attached hydrogens (tertiary/aromatic N) is 4. The van der Waals surface area contributed by atoms with Gasteiger partial charge in [0.05, 0.1) is 6.04 Å². The van der Waals surface area contributed by atoms with Gasteiger partial charge < -0.3 is 13.7 Å². The molecule has 6 heteroatoms. The first-order valence-electron chi connectivity index (χ1n) is 23.7. The first kappa shape index (κ1) is 39.3. The van der Waals surface area contributed by atoms with E-state index < -0.39 is 0 Å². The zero-order chi connectivity index (χ0) is 45.4. The van der Waals surface area contributed by atoms with Crippen molar-refractivity contribution in [2.24, 2.45) is 0 Å². The smallest absolute Gasteiger partial charge is 0.164 e. The minimum absolute atomic E-state index is 0.202. The molecule has 2 aliphatic carbocycles. The SMILES string of the molecule is C1=C(c2ccccc2)C=C2c3ccccc3N(c3ccc4c(c3)oc3cccc(-c5ccc6c(c5)oc5cccc(C7=CC(c8nc(-c9ccccc9)nc(-c9ccccc9)n8)=CCC7)c56)c34)C2C1. The summed E-state index contributed by atoms with van der Waals surface area (Å²) in [6.45, 7) is 0. The van der Waals surface area contributed by atoms with Gasteiger partial charge in [-0.1, -0.05) is 152 Å². The van der Waals surface area contributed by atoms with Crippen LogP contribution >= 0.6 is 0 Å². The zero-order valence-corrected chi connectivity index (χ0v) is 37.5. The van der Waals surface area contributed by atoms with Gasteiger partial charge in [0.2, 0.25) is 0 Å². The van der Waals surface area contributed by atoms with Gasteiger partial charge in [-0.25, -0.2) is 15.0 Å². The van der Waals surface area contributed by atoms with Crippen molar-refractivity contribution in [3.63, 3.8) is 0 Å². The number of hydrogen-bond donors (Lipinski definition) is 0. The van der Waals surface area contributed by atoms with Gasteiger partial charge in [0.15, 0.2) is 17.5 Å². The molecule has 3 aliphatic rings. The van der Waals surface area contributed by atoms with E-state index in [-0.39, 0.29) is 6.04 Å². The molecule has 1 atom stereocenters. The number of allylic oxidation sites excluding steroid dienone is 6. The van der Waals surface area contributed by atoms with Gasteiger partial charge in [0.25, 0.3) is 0 Å². The molecule has 0 saturated carbocycles. The third kappa shape index (κ3) is 6.59. The monoisotopic (exact) mass is 886 g/mol. The zero-order valence-electron chi connectivity index (χ0n) is 37.5. The van der Waals surface area contributed by atoms with Crippen LogP contribution in [0, 0.1) is 0 Å². The summed E-state index contributed by atoms with van der Waals surface area (Å²) in [5.74, 6) is 1.98. The molecule has 1 unspecified atom stereocenters. The van der Waals surface area contributed by atoms with E-state index in [1.54, 1.807) is 0 Å². The third-order valence-electron chi connectivity index (χ3n) is 14.1. The number of anilines is 2. The molecular weight excluding hydrogens is 845 g/mol. The van der Waals surface area contributed by atoms with E-state index in [2.05, 4.69) is 157 Å². The summed E-state index contributed by atoms with van der Waals surface area (Å²) in [5, 5.41) is 4.39. The number of para-hydroxylation sites is 1. The molecule has 3 aromatic heterocycles. The van der Waals surface area contributed by atoms with E-state index in [0.29, 0.717) is 17.5 Å². The van der Waals surface area contributed by atoms with Crippen molar-refractivity contribution in [3.8, 4) is 33.9 Å². The maximum absolute atomic E-state index is 6.73. The first-order chi connectivity index (χ1) is 34.2. The number of hydrogen-bond acceptors (Lipinski definition) is 6. The van der Waals surface area contributed by atoms with Crippen LogP contribution in [-0.2, 0) is 0 Å². The second-order valence-corrected chi connectivity index (χ2v) is 18.1. The van der Waals surface area contributed by atoms with E-state index >= 15 is 0 Å². The summed E-state index contributed by atoms with van der Waals surface area (Å²) >= 11 is 0. The Morgan fingerprint density at radius 2 is 1.03 bits per heavy atom. The maximum atomic E-state index is 6.73. The summed E-state index contributed by atoms with van der Waals surface area (Å²) < 4.78 is 13.5. The van der Waals surface area contributed by atoms with Crippen molar-refractivity contribution in [3.05, 3.63) is 235 Å². The van der Waals surface area contributed by atoms with Crippen LogP contribution in [0.4, 0.5) is 11.4 Å². The van der Waals surface area contributed by atoms with Crippen molar-refractivity contribution in [2.75, 3.05) is 4.90 Å². The molecule has 0 spiro atoms. The molecule has 4 heterocycles. The normalized spacial score (nSPS) is 15.5. The summed E-state index contributed by atoms with van der Waals surface area (Å²) in [7, 11) is 0. The average molecular weight is 887 g/mol. The minimum Gasteiger partial charge on any atom is -0.456 e. The highest BCUT2D eigenvalue weighted by atomic mass is 16.3. The lowest BCUT2D eigenvalue weighted by atomic mass is 9.89. The van der Waals surface area contributed by atoms with Gasteiger partial charge in [-0.05, 0) is 113 Å². The lowest BCUT2D eigenvalue weighted by molar-refractivity contribution is 0.668. The van der Waals surface area contributed by atoms with Crippen molar-refractivity contribution in [1.29, 1.82) is 0 Å². The van der Waals surface area contributed by atoms with Crippen LogP contribution in [0.3, 0.4) is 0 Å². The van der Waals surface area contributed by atoms with Crippen LogP contribution in [0.1, 0.15) is 41.8 Å². The van der Waals surface area contributed by atoms with Crippen LogP contribution in [0.2, 0.25) is 0 Å². The van der Waals surface area contributed by atoms with Gasteiger partial charge >= 0.3 is 0 Å². The van der Waals surface area contributed by atoms with Crippen LogP contribution < -0.4 is 4.90 Å². The quantitative estimate of drug-likeness (QED) is 0.159. The summed E-state index contributed by atoms with van der Waals surface area (Å²) in [6, 6.07) is 66.1. The molecule has 0 saturated heterocycles. The Hall–Kier alpha value is -8.87. The van der Waals surface area contributed by atoms with E-state index in [1.165, 1.54) is 33.5 Å². The fraction of sp³-hybridized carbons (Fsp3) is 0.0635. The summed E-state index contributed by atoms with van der Waals surface area (Å²) in [5.41, 5.74) is 18.4. The molecule has 0 N–H and O–H groups in total. The second kappa shape index (κ2) is 15.9. The fourth-order valence-electron chi connectivity index (χ4n) is 10.9. The van der Waals surface area contributed by atoms with E-state index in [1.807, 2.05) is 60.7 Å². The lowest BCUT2D eigenvalue weighted by Gasteiger charge is -2.29. The number of furan rings is 2. The Morgan fingerprint density at radius 3 is 1.75 bits per heavy atom. The van der Waals surface area contributed by atoms with Crippen LogP contribution in [0.25, 0.3) is 100 Å². The Labute approximate surface area is 398 Å². The highest BCUT2D eigenvalue weighted by molar-refractivity contribution is 6.16. The molecule has 0 radical (unpaired) electrons. The Kier molecular flexibility index (Phi) is 9.05. The van der Waals surface area contributed by atoms with Crippen molar-refractivity contribution in [1.82, 2.24) is 15.0 Å². The van der Waals surface area contributed by atoms with Crippen LogP contribution in [0.15, 0.2) is 221 Å². The molecule has 0 amide bonds. The highest BCUT2D eigenvalue weighted by Crippen LogP contribution is 2.50. The van der Waals surface area contributed by atoms with E-state index in [9.17, 15) is 0 Å². The van der Waals surface area contributed by atoms with Crippen molar-refractivity contribution in [2.45, 2.75) is 25.3 Å². The van der Waals surface area contributed by atoms with Crippen LogP contribution in [-0.4, -0.2) is 21.0 Å². The van der Waals surface area contributed by atoms with Gasteiger partial charge in [-0.3, -0.25) is 0 Å². The van der Waals surface area contributed by atoms with Gasteiger partial charge in [0, 0.05) is 61.2 Å². The highest BCUT2D eigenvalue weighted by Gasteiger charge is 2.36. The third-order valence-corrected chi connectivity index (χ3v) is 14.1. The van der Waals surface area contributed by atoms with Crippen LogP contribution in [0.5, 0.6) is 0 Å². The topological polar surface area (TPSA) is 68.2 Å². The molecule has 326 valence electrons. The van der Waals surface area contributed by atoms with Gasteiger partial charge in [0.1, 0.15) is 22.3 Å². The second-order valence-electron chi connectivity index (χ2n) is 18.1. The predicted octanol–water partition coefficient (Wildman–Crippen LogP) is 16.3. The maximum Gasteiger partial charge on any atom is 0.164 e. The van der Waals surface area contributed by atoms with Crippen molar-refractivity contribution >= 4 is 77.5 Å². The Bertz CT molecular complexity index is 3930. The number of benzene rings is 8. The Balaban J connectivity index is 0.815. The standard InChI is InChI=1S/C63H42N4O2/c1-4-15-39(16-5-1)42-30-34-54-52(36-42)49-23-10-11-26-53(49)67(54)46-31-33-51-58(38-46)69-56-28-14-25-48(60(51)56)44-29-32-50-57(37-44)68-55-27-13-24-47(59(50)55)43-21-12-22-45(35-43)63-65-61(40-17-6-2-7-18-40)64-62(66-63)41-19-8-3-9-20-41/h1-11,13-20,22-33,35-38,54H,12,21,34H2. The number of aromatic nitrogens is 3. The molecular formula is C63H42N4O2. The summed E-state index contributed by atoms with van der Waals surface area (Å²) in [4.78, 5) is 17.5. The van der Waals surface area contributed by atoms with Gasteiger partial charge in [-0.2, -0.15) is 0 Å². The lowest BCUT2D eigenvalue weighted by Crippen LogP contribution is -2.27. The summed E-state index contributed by atoms with van der Waals surface area (Å²) in [6.07, 6.45) is 12.0. The van der Waals surface area contributed by atoms with E-state index in [0.717, 1.165) is 102 Å². The molecule has 1 aliphatic heterocycles. The molecule has 8 aromatic carbocycles. The largest absolute Gasteiger partial charge is 0.456 e. The molecule has 69 heavy (non-hydrogen) atoms. The molecule has 0 fully saturated rings. The van der Waals surface area contributed by atoms with Crippen molar-refractivity contribution < 1.29 is 8.83 Å². The molecule has 14 rings (SSSR count). The molecule has 6 nitrogen and oxygen atoms in total. The Morgan fingerprint density at radius 1 is 0.435 bits per heavy atom. The number of rotatable bonds is 7. The van der Waals surface area contributed by atoms with E-state index in [4.69, 9.17) is 23.8 Å². The fourth-order valence-corrected chi connectivity index (χ4v) is 10.9. The molecule has 11 aromatic rings. The number of fused-ring (bicyclic) bond motifs is 9. The predicted molar refractivity (Wildman–Crippen MR) is 282 cm³/mol. The molecule has 0 bridgehead atoms. The average Bonchev–Trinajstić information content (AvgIpc) is 4.10. The minimum atomic E-state index is 0.202.